The van der Waals surface area contributed by atoms with Gasteiger partial charge in [-0.3, -0.25) is 4.57 Å². The summed E-state index contributed by atoms with van der Waals surface area (Å²) >= 11 is 1.77. The molecule has 5 heterocycles. The van der Waals surface area contributed by atoms with Gasteiger partial charge in [0.05, 0.1) is 43.5 Å². The summed E-state index contributed by atoms with van der Waals surface area (Å²) in [6.45, 7) is 0. The highest BCUT2D eigenvalue weighted by Crippen LogP contribution is 2.48. The summed E-state index contributed by atoms with van der Waals surface area (Å²) in [5.74, 6) is 0.689. The molecule has 0 N–H and O–H groups in total. The van der Waals surface area contributed by atoms with E-state index < -0.39 is 0 Å². The molecular weight excluding hydrogens is 617 g/mol. The van der Waals surface area contributed by atoms with E-state index >= 15 is 0 Å². The molecule has 0 saturated heterocycles. The molecule has 0 fully saturated rings. The molecule has 0 unspecified atom stereocenters. The van der Waals surface area contributed by atoms with E-state index in [9.17, 15) is 0 Å². The van der Waals surface area contributed by atoms with Crippen LogP contribution in [0.15, 0.2) is 146 Å². The first-order chi connectivity index (χ1) is 24.3. The second-order valence-corrected chi connectivity index (χ2v) is 14.0. The average Bonchev–Trinajstić information content (AvgIpc) is 3.90. The zero-order valence-corrected chi connectivity index (χ0v) is 26.9. The van der Waals surface area contributed by atoms with Gasteiger partial charge in [-0.25, -0.2) is 9.97 Å². The van der Waals surface area contributed by atoms with Crippen LogP contribution in [0.25, 0.3) is 108 Å². The van der Waals surface area contributed by atoms with Gasteiger partial charge in [0.2, 0.25) is 5.95 Å². The van der Waals surface area contributed by atoms with Crippen LogP contribution in [0.2, 0.25) is 0 Å². The number of benzene rings is 7. The first-order valence-electron chi connectivity index (χ1n) is 16.6. The molecule has 0 amide bonds. The van der Waals surface area contributed by atoms with Gasteiger partial charge < -0.3 is 4.40 Å². The second kappa shape index (κ2) is 9.19. The Morgan fingerprint density at radius 1 is 0.469 bits per heavy atom. The Balaban J connectivity index is 1.34. The molecule has 0 aliphatic rings. The summed E-state index contributed by atoms with van der Waals surface area (Å²) in [4.78, 5) is 10.9. The molecule has 7 aromatic carbocycles. The molecule has 4 nitrogen and oxygen atoms in total. The first kappa shape index (κ1) is 25.7. The standard InChI is InChI=1S/C44H24N4S/c1-2-13-26(14-3-1)39-43-40(30-18-8-11-21-36(30)49-43)46-44(45-39)48-33-19-9-6-16-28(33)31-24-32-37-27-15-5-4-12-25(27)22-23-35(37)47-34-20-10-7-17-29(34)38(41(31)48)42(32)47/h1-24H. The van der Waals surface area contributed by atoms with Crippen molar-refractivity contribution < 1.29 is 0 Å². The highest BCUT2D eigenvalue weighted by Gasteiger charge is 2.26. The molecule has 0 spiro atoms. The molecule has 226 valence electrons. The Labute approximate surface area is 283 Å². The molecule has 49 heavy (non-hydrogen) atoms. The lowest BCUT2D eigenvalue weighted by molar-refractivity contribution is 1.02. The van der Waals surface area contributed by atoms with Crippen molar-refractivity contribution in [2.24, 2.45) is 0 Å². The normalized spacial score (nSPS) is 12.5. The summed E-state index contributed by atoms with van der Waals surface area (Å²) in [6.07, 6.45) is 0. The lowest BCUT2D eigenvalue weighted by atomic mass is 10.00. The van der Waals surface area contributed by atoms with Crippen molar-refractivity contribution in [3.05, 3.63) is 146 Å². The predicted octanol–water partition coefficient (Wildman–Crippen LogP) is 11.9. The van der Waals surface area contributed by atoms with Crippen molar-refractivity contribution in [2.75, 3.05) is 0 Å². The van der Waals surface area contributed by atoms with Gasteiger partial charge in [-0.15, -0.1) is 11.3 Å². The fourth-order valence-electron chi connectivity index (χ4n) is 8.45. The topological polar surface area (TPSA) is 35.1 Å². The van der Waals surface area contributed by atoms with Crippen LogP contribution in [0.1, 0.15) is 0 Å². The van der Waals surface area contributed by atoms with Gasteiger partial charge in [0, 0.05) is 48.0 Å². The van der Waals surface area contributed by atoms with Crippen molar-refractivity contribution >= 4 is 102 Å². The van der Waals surface area contributed by atoms with E-state index in [0.717, 1.165) is 37.9 Å². The number of aromatic nitrogens is 4. The molecule has 5 heteroatoms. The van der Waals surface area contributed by atoms with Crippen LogP contribution in [0, 0.1) is 0 Å². The Morgan fingerprint density at radius 2 is 1.18 bits per heavy atom. The molecular formula is C44H24N4S. The Bertz CT molecular complexity index is 3330. The van der Waals surface area contributed by atoms with Gasteiger partial charge in [-0.2, -0.15) is 0 Å². The molecule has 12 rings (SSSR count). The molecule has 0 atom stereocenters. The van der Waals surface area contributed by atoms with Gasteiger partial charge in [0.15, 0.2) is 0 Å². The van der Waals surface area contributed by atoms with Crippen LogP contribution < -0.4 is 0 Å². The van der Waals surface area contributed by atoms with Gasteiger partial charge >= 0.3 is 0 Å². The minimum atomic E-state index is 0.689. The molecule has 0 saturated carbocycles. The van der Waals surface area contributed by atoms with Gasteiger partial charge in [0.1, 0.15) is 0 Å². The lowest BCUT2D eigenvalue weighted by Gasteiger charge is -2.11. The van der Waals surface area contributed by atoms with Crippen LogP contribution in [-0.4, -0.2) is 18.9 Å². The third kappa shape index (κ3) is 3.23. The fraction of sp³-hybridized carbons (Fsp3) is 0. The van der Waals surface area contributed by atoms with Gasteiger partial charge in [-0.05, 0) is 41.1 Å². The number of fused-ring (bicyclic) bond motifs is 15. The van der Waals surface area contributed by atoms with Crippen LogP contribution in [-0.2, 0) is 0 Å². The number of hydrogen-bond acceptors (Lipinski definition) is 3. The average molecular weight is 641 g/mol. The summed E-state index contributed by atoms with van der Waals surface area (Å²) in [6, 6.07) is 52.5. The summed E-state index contributed by atoms with van der Waals surface area (Å²) < 4.78 is 7.14. The van der Waals surface area contributed by atoms with Gasteiger partial charge in [-0.1, -0.05) is 115 Å². The maximum Gasteiger partial charge on any atom is 0.235 e. The number of thiophene rings is 1. The summed E-state index contributed by atoms with van der Waals surface area (Å²) in [5, 5.41) is 11.1. The van der Waals surface area contributed by atoms with Gasteiger partial charge in [0.25, 0.3) is 0 Å². The Kier molecular flexibility index (Phi) is 4.83. The molecule has 0 radical (unpaired) electrons. The molecule has 0 aliphatic carbocycles. The van der Waals surface area contributed by atoms with Crippen molar-refractivity contribution in [1.82, 2.24) is 18.9 Å². The van der Waals surface area contributed by atoms with Crippen LogP contribution in [0.4, 0.5) is 0 Å². The summed E-state index contributed by atoms with van der Waals surface area (Å²) in [7, 11) is 0. The molecule has 5 aromatic heterocycles. The van der Waals surface area contributed by atoms with E-state index in [1.807, 2.05) is 0 Å². The van der Waals surface area contributed by atoms with E-state index in [1.54, 1.807) is 11.3 Å². The van der Waals surface area contributed by atoms with Crippen molar-refractivity contribution in [3.63, 3.8) is 0 Å². The Morgan fingerprint density at radius 3 is 2.06 bits per heavy atom. The number of hydrogen-bond donors (Lipinski definition) is 0. The SMILES string of the molecule is c1ccc(-c2nc(-n3c4ccccc4c4cc5c6c7ccccc7ccc6n6c7ccccc7c(c43)c56)nc3c2sc2ccccc23)cc1. The lowest BCUT2D eigenvalue weighted by Crippen LogP contribution is -2.03. The van der Waals surface area contributed by atoms with E-state index in [0.29, 0.717) is 5.95 Å². The molecule has 0 aliphatic heterocycles. The maximum atomic E-state index is 5.48. The zero-order valence-electron chi connectivity index (χ0n) is 26.1. The van der Waals surface area contributed by atoms with E-state index in [-0.39, 0.29) is 0 Å². The number of nitrogens with zero attached hydrogens (tertiary/aromatic N) is 4. The van der Waals surface area contributed by atoms with E-state index in [1.165, 1.54) is 64.3 Å². The molecule has 12 aromatic rings. The molecule has 0 bridgehead atoms. The minimum Gasteiger partial charge on any atom is -0.308 e. The van der Waals surface area contributed by atoms with Crippen molar-refractivity contribution in [1.29, 1.82) is 0 Å². The van der Waals surface area contributed by atoms with E-state index in [2.05, 4.69) is 155 Å². The van der Waals surface area contributed by atoms with Crippen LogP contribution >= 0.6 is 11.3 Å². The largest absolute Gasteiger partial charge is 0.308 e. The first-order valence-corrected chi connectivity index (χ1v) is 17.4. The number of rotatable bonds is 2. The second-order valence-electron chi connectivity index (χ2n) is 12.9. The van der Waals surface area contributed by atoms with Crippen LogP contribution in [0.3, 0.4) is 0 Å². The summed E-state index contributed by atoms with van der Waals surface area (Å²) in [5.41, 5.74) is 8.98. The Hall–Kier alpha value is -6.30. The maximum absolute atomic E-state index is 5.48. The van der Waals surface area contributed by atoms with Crippen LogP contribution in [0.5, 0.6) is 0 Å². The highest BCUT2D eigenvalue weighted by atomic mass is 32.1. The van der Waals surface area contributed by atoms with Crippen molar-refractivity contribution in [3.8, 4) is 17.2 Å². The quantitative estimate of drug-likeness (QED) is 0.188. The number of para-hydroxylation sites is 2. The fourth-order valence-corrected chi connectivity index (χ4v) is 9.61. The van der Waals surface area contributed by atoms with Crippen molar-refractivity contribution in [2.45, 2.75) is 0 Å². The minimum absolute atomic E-state index is 0.689. The van der Waals surface area contributed by atoms with E-state index in [4.69, 9.17) is 9.97 Å². The third-order valence-electron chi connectivity index (χ3n) is 10.4. The highest BCUT2D eigenvalue weighted by molar-refractivity contribution is 7.26. The third-order valence-corrected chi connectivity index (χ3v) is 11.6. The monoisotopic (exact) mass is 640 g/mol. The predicted molar refractivity (Wildman–Crippen MR) is 207 cm³/mol. The smallest absolute Gasteiger partial charge is 0.235 e. The zero-order chi connectivity index (χ0) is 31.8.